The van der Waals surface area contributed by atoms with Gasteiger partial charge in [0.25, 0.3) is 0 Å². The minimum atomic E-state index is -0.667. The molecule has 1 amide bonds. The Labute approximate surface area is 100 Å². The summed E-state index contributed by atoms with van der Waals surface area (Å²) in [5.41, 5.74) is 7.65. The predicted molar refractivity (Wildman–Crippen MR) is 62.9 cm³/mol. The second-order valence-electron chi connectivity index (χ2n) is 4.27. The molecule has 0 radical (unpaired) electrons. The summed E-state index contributed by atoms with van der Waals surface area (Å²) < 4.78 is 10.5. The van der Waals surface area contributed by atoms with Crippen LogP contribution in [-0.2, 0) is 4.79 Å². The van der Waals surface area contributed by atoms with Crippen LogP contribution in [0.15, 0.2) is 12.1 Å². The monoisotopic (exact) mass is 236 g/mol. The van der Waals surface area contributed by atoms with Gasteiger partial charge >= 0.3 is 0 Å². The maximum Gasteiger partial charge on any atom is 0.243 e. The third-order valence-electron chi connectivity index (χ3n) is 2.80. The van der Waals surface area contributed by atoms with Crippen LogP contribution < -0.4 is 15.2 Å². The Bertz CT molecular complexity index is 457. The number of carbonyl (C=O) groups is 1. The van der Waals surface area contributed by atoms with Crippen molar-refractivity contribution in [1.29, 1.82) is 0 Å². The number of nitrogens with zero attached hydrogens (tertiary/aromatic N) is 1. The quantitative estimate of drug-likeness (QED) is 0.825. The highest BCUT2D eigenvalue weighted by Gasteiger charge is 2.23. The minimum Gasteiger partial charge on any atom is -0.454 e. The van der Waals surface area contributed by atoms with Crippen LogP contribution in [-0.4, -0.2) is 31.7 Å². The molecule has 1 heterocycles. The van der Waals surface area contributed by atoms with Crippen molar-refractivity contribution in [1.82, 2.24) is 4.90 Å². The topological polar surface area (TPSA) is 64.8 Å². The summed E-state index contributed by atoms with van der Waals surface area (Å²) in [5.74, 6) is 1.22. The van der Waals surface area contributed by atoms with Gasteiger partial charge in [0.05, 0.1) is 0 Å². The molecule has 1 aliphatic rings. The summed E-state index contributed by atoms with van der Waals surface area (Å²) in [6.45, 7) is 2.12. The van der Waals surface area contributed by atoms with Crippen molar-refractivity contribution in [2.24, 2.45) is 5.73 Å². The smallest absolute Gasteiger partial charge is 0.243 e. The van der Waals surface area contributed by atoms with E-state index in [1.807, 2.05) is 13.0 Å². The lowest BCUT2D eigenvalue weighted by molar-refractivity contribution is -0.130. The largest absolute Gasteiger partial charge is 0.454 e. The van der Waals surface area contributed by atoms with Crippen molar-refractivity contribution in [3.05, 3.63) is 23.3 Å². The number of ether oxygens (including phenoxy) is 2. The van der Waals surface area contributed by atoms with E-state index < -0.39 is 6.04 Å². The van der Waals surface area contributed by atoms with Crippen molar-refractivity contribution in [3.8, 4) is 11.5 Å². The first-order valence-corrected chi connectivity index (χ1v) is 5.37. The zero-order valence-corrected chi connectivity index (χ0v) is 10.2. The molecule has 0 fully saturated rings. The Morgan fingerprint density at radius 1 is 1.35 bits per heavy atom. The van der Waals surface area contributed by atoms with Gasteiger partial charge < -0.3 is 20.1 Å². The van der Waals surface area contributed by atoms with Crippen molar-refractivity contribution in [2.75, 3.05) is 20.9 Å². The van der Waals surface area contributed by atoms with Crippen LogP contribution in [0.1, 0.15) is 17.2 Å². The molecule has 0 saturated carbocycles. The fourth-order valence-electron chi connectivity index (χ4n) is 1.81. The number of hydrogen-bond donors (Lipinski definition) is 1. The van der Waals surface area contributed by atoms with E-state index in [2.05, 4.69) is 0 Å². The molecule has 1 atom stereocenters. The number of likely N-dealkylation sites (N-methyl/N-ethyl adjacent to an activating group) is 1. The number of carbonyl (C=O) groups excluding carboxylic acids is 1. The van der Waals surface area contributed by atoms with Gasteiger partial charge in [-0.3, -0.25) is 4.79 Å². The van der Waals surface area contributed by atoms with E-state index in [-0.39, 0.29) is 12.7 Å². The third-order valence-corrected chi connectivity index (χ3v) is 2.80. The second-order valence-corrected chi connectivity index (χ2v) is 4.27. The summed E-state index contributed by atoms with van der Waals surface area (Å²) in [5, 5.41) is 0. The second kappa shape index (κ2) is 4.25. The van der Waals surface area contributed by atoms with Crippen molar-refractivity contribution in [3.63, 3.8) is 0 Å². The molecule has 0 saturated heterocycles. The van der Waals surface area contributed by atoms with E-state index in [0.717, 1.165) is 11.1 Å². The van der Waals surface area contributed by atoms with Gasteiger partial charge in [-0.1, -0.05) is 0 Å². The molecule has 17 heavy (non-hydrogen) atoms. The Hall–Kier alpha value is -1.75. The number of nitrogens with two attached hydrogens (primary N) is 1. The molecule has 1 aromatic rings. The molecule has 0 bridgehead atoms. The minimum absolute atomic E-state index is 0.132. The predicted octanol–water partition coefficient (Wildman–Crippen LogP) is 0.812. The molecule has 0 spiro atoms. The molecular formula is C12H16N2O3. The highest BCUT2D eigenvalue weighted by atomic mass is 16.7. The van der Waals surface area contributed by atoms with Gasteiger partial charge in [-0.25, -0.2) is 0 Å². The fourth-order valence-corrected chi connectivity index (χ4v) is 1.81. The normalized spacial score (nSPS) is 14.6. The van der Waals surface area contributed by atoms with Crippen LogP contribution in [0.5, 0.6) is 11.5 Å². The van der Waals surface area contributed by atoms with Gasteiger partial charge in [-0.15, -0.1) is 0 Å². The fraction of sp³-hybridized carbons (Fsp3) is 0.417. The lowest BCUT2D eigenvalue weighted by Crippen LogP contribution is -2.33. The maximum atomic E-state index is 11.8. The first-order valence-electron chi connectivity index (χ1n) is 5.37. The van der Waals surface area contributed by atoms with Crippen LogP contribution in [0.2, 0.25) is 0 Å². The molecule has 1 aliphatic heterocycles. The van der Waals surface area contributed by atoms with Crippen molar-refractivity contribution < 1.29 is 14.3 Å². The molecular weight excluding hydrogens is 220 g/mol. The molecule has 2 rings (SSSR count). The summed E-state index contributed by atoms with van der Waals surface area (Å²) in [6, 6.07) is 2.96. The maximum absolute atomic E-state index is 11.8. The third kappa shape index (κ3) is 2.06. The number of rotatable bonds is 2. The SMILES string of the molecule is Cc1cc2c(cc1C(N)C(=O)N(C)C)OCO2. The zero-order chi connectivity index (χ0) is 12.6. The molecule has 5 nitrogen and oxygen atoms in total. The summed E-state index contributed by atoms with van der Waals surface area (Å²) in [7, 11) is 3.37. The number of aryl methyl sites for hydroxylation is 1. The van der Waals surface area contributed by atoms with Gasteiger partial charge in [-0.05, 0) is 30.2 Å². The van der Waals surface area contributed by atoms with E-state index in [1.54, 1.807) is 20.2 Å². The molecule has 5 heteroatoms. The Morgan fingerprint density at radius 2 is 1.94 bits per heavy atom. The first kappa shape index (κ1) is 11.7. The van der Waals surface area contributed by atoms with Gasteiger partial charge in [0.2, 0.25) is 12.7 Å². The van der Waals surface area contributed by atoms with Crippen LogP contribution >= 0.6 is 0 Å². The Kier molecular flexibility index (Phi) is 2.93. The summed E-state index contributed by atoms with van der Waals surface area (Å²) in [4.78, 5) is 13.3. The molecule has 0 aromatic heterocycles. The van der Waals surface area contributed by atoms with Gasteiger partial charge in [-0.2, -0.15) is 0 Å². The van der Waals surface area contributed by atoms with Crippen molar-refractivity contribution in [2.45, 2.75) is 13.0 Å². The van der Waals surface area contributed by atoms with E-state index in [0.29, 0.717) is 11.5 Å². The zero-order valence-electron chi connectivity index (χ0n) is 10.2. The van der Waals surface area contributed by atoms with Crippen molar-refractivity contribution >= 4 is 5.91 Å². The first-order chi connectivity index (χ1) is 8.00. The van der Waals surface area contributed by atoms with E-state index in [4.69, 9.17) is 15.2 Å². The number of fused-ring (bicyclic) bond motifs is 1. The number of amides is 1. The molecule has 2 N–H and O–H groups in total. The highest BCUT2D eigenvalue weighted by Crippen LogP contribution is 2.36. The molecule has 1 unspecified atom stereocenters. The Balaban J connectivity index is 2.36. The average molecular weight is 236 g/mol. The molecule has 92 valence electrons. The Morgan fingerprint density at radius 3 is 2.53 bits per heavy atom. The van der Waals surface area contributed by atoms with Gasteiger partial charge in [0.15, 0.2) is 11.5 Å². The number of benzene rings is 1. The summed E-state index contributed by atoms with van der Waals surface area (Å²) in [6.07, 6.45) is 0. The average Bonchev–Trinajstić information content (AvgIpc) is 2.72. The molecule has 0 aliphatic carbocycles. The lowest BCUT2D eigenvalue weighted by atomic mass is 10.00. The standard InChI is InChI=1S/C12H16N2O3/c1-7-4-9-10(17-6-16-9)5-8(7)11(13)12(15)14(2)3/h4-5,11H,6,13H2,1-3H3. The van der Waals surface area contributed by atoms with Crippen LogP contribution in [0.25, 0.3) is 0 Å². The van der Waals surface area contributed by atoms with E-state index in [1.165, 1.54) is 4.90 Å². The van der Waals surface area contributed by atoms with Gasteiger partial charge in [0, 0.05) is 14.1 Å². The number of hydrogen-bond acceptors (Lipinski definition) is 4. The highest BCUT2D eigenvalue weighted by molar-refractivity contribution is 5.83. The molecule has 1 aromatic carbocycles. The summed E-state index contributed by atoms with van der Waals surface area (Å²) >= 11 is 0. The van der Waals surface area contributed by atoms with E-state index in [9.17, 15) is 4.79 Å². The van der Waals surface area contributed by atoms with Gasteiger partial charge in [0.1, 0.15) is 6.04 Å². The van der Waals surface area contributed by atoms with Crippen LogP contribution in [0, 0.1) is 6.92 Å². The van der Waals surface area contributed by atoms with Crippen LogP contribution in [0.3, 0.4) is 0 Å². The lowest BCUT2D eigenvalue weighted by Gasteiger charge is -2.19. The van der Waals surface area contributed by atoms with E-state index >= 15 is 0 Å². The van der Waals surface area contributed by atoms with Crippen LogP contribution in [0.4, 0.5) is 0 Å².